The standard InChI is InChI=1S/C28H25N3O4S2/c1-13-7-9-15(10-8-13)29-18(32)12-31-26(33)21-16-11-17(22(21)27(31)34)23-20(16)19(14-5-3-2-4-6-14)24-25(36-23)30-28(35)37-24/h2-10,16-17,19-23H,11-12H2,1H3,(H,29,32)(H,30,35)/t16-,17-,19-,20-,21+,22-,23-/m1/s1. The second-order valence-corrected chi connectivity index (χ2v) is 12.8. The van der Waals surface area contributed by atoms with Crippen molar-refractivity contribution >= 4 is 46.5 Å². The predicted octanol–water partition coefficient (Wildman–Crippen LogP) is 3.86. The monoisotopic (exact) mass is 531 g/mol. The summed E-state index contributed by atoms with van der Waals surface area (Å²) in [4.78, 5) is 57.5. The average molecular weight is 532 g/mol. The number of H-pyrrole nitrogens is 1. The second-order valence-electron chi connectivity index (χ2n) is 10.5. The molecule has 3 aromatic rings. The number of thiazole rings is 1. The van der Waals surface area contributed by atoms with Crippen molar-refractivity contribution in [1.82, 2.24) is 9.88 Å². The summed E-state index contributed by atoms with van der Waals surface area (Å²) in [6, 6.07) is 17.6. The normalized spacial score (nSPS) is 31.3. The Labute approximate surface area is 221 Å². The van der Waals surface area contributed by atoms with Crippen LogP contribution >= 0.6 is 23.1 Å². The molecule has 3 heterocycles. The topological polar surface area (TPSA) is 99.3 Å². The molecule has 7 rings (SSSR count). The summed E-state index contributed by atoms with van der Waals surface area (Å²) < 4.78 is 0. The summed E-state index contributed by atoms with van der Waals surface area (Å²) in [5.74, 6) is -1.31. The molecule has 0 spiro atoms. The van der Waals surface area contributed by atoms with Crippen LogP contribution < -0.4 is 10.2 Å². The van der Waals surface area contributed by atoms with Gasteiger partial charge in [-0.3, -0.25) is 24.1 Å². The van der Waals surface area contributed by atoms with E-state index in [-0.39, 0.29) is 64.0 Å². The van der Waals surface area contributed by atoms with Crippen molar-refractivity contribution in [3.05, 3.63) is 80.3 Å². The van der Waals surface area contributed by atoms with E-state index in [4.69, 9.17) is 0 Å². The number of hydrogen-bond donors (Lipinski definition) is 2. The molecular weight excluding hydrogens is 506 g/mol. The molecule has 2 bridgehead atoms. The number of carbonyl (C=O) groups excluding carboxylic acids is 3. The zero-order valence-electron chi connectivity index (χ0n) is 20.0. The molecule has 7 nitrogen and oxygen atoms in total. The quantitative estimate of drug-likeness (QED) is 0.498. The fraction of sp³-hybridized carbons (Fsp3) is 0.357. The number of amides is 3. The van der Waals surface area contributed by atoms with Crippen molar-refractivity contribution in [3.8, 4) is 0 Å². The number of imide groups is 1. The van der Waals surface area contributed by atoms with E-state index in [2.05, 4.69) is 22.4 Å². The maximum Gasteiger partial charge on any atom is 0.305 e. The minimum atomic E-state index is -0.394. The zero-order chi connectivity index (χ0) is 25.4. The Balaban J connectivity index is 1.18. The van der Waals surface area contributed by atoms with Crippen molar-refractivity contribution in [2.45, 2.75) is 29.5 Å². The number of rotatable bonds is 4. The van der Waals surface area contributed by atoms with Crippen LogP contribution in [0.25, 0.3) is 0 Å². The van der Waals surface area contributed by atoms with Gasteiger partial charge in [-0.15, -0.1) is 11.8 Å². The van der Waals surface area contributed by atoms with E-state index in [1.807, 2.05) is 49.4 Å². The Morgan fingerprint density at radius 1 is 1.00 bits per heavy atom. The molecule has 3 amide bonds. The van der Waals surface area contributed by atoms with Crippen LogP contribution in [0.4, 0.5) is 5.69 Å². The summed E-state index contributed by atoms with van der Waals surface area (Å²) in [6.07, 6.45) is 0.834. The first-order valence-electron chi connectivity index (χ1n) is 12.6. The highest BCUT2D eigenvalue weighted by molar-refractivity contribution is 8.00. The molecule has 2 aliphatic carbocycles. The number of anilines is 1. The molecule has 2 aliphatic heterocycles. The van der Waals surface area contributed by atoms with E-state index in [9.17, 15) is 19.2 Å². The minimum Gasteiger partial charge on any atom is -0.325 e. The number of nitrogens with one attached hydrogen (secondary N) is 2. The molecule has 3 fully saturated rings. The predicted molar refractivity (Wildman–Crippen MR) is 141 cm³/mol. The molecule has 1 saturated heterocycles. The van der Waals surface area contributed by atoms with Crippen LogP contribution in [0.1, 0.15) is 28.3 Å². The van der Waals surface area contributed by atoms with E-state index in [1.165, 1.54) is 16.2 Å². The summed E-state index contributed by atoms with van der Waals surface area (Å²) >= 11 is 2.93. The van der Waals surface area contributed by atoms with Crippen LogP contribution in [0.15, 0.2) is 64.4 Å². The highest BCUT2D eigenvalue weighted by atomic mass is 32.2. The van der Waals surface area contributed by atoms with Gasteiger partial charge in [-0.1, -0.05) is 59.4 Å². The Kier molecular flexibility index (Phi) is 5.23. The summed E-state index contributed by atoms with van der Waals surface area (Å²) in [7, 11) is 0. The van der Waals surface area contributed by atoms with Crippen LogP contribution in [0.2, 0.25) is 0 Å². The maximum atomic E-state index is 13.7. The number of carbonyl (C=O) groups is 3. The Hall–Kier alpha value is -3.17. The molecule has 1 aromatic heterocycles. The number of aryl methyl sites for hydroxylation is 1. The molecule has 2 aromatic carbocycles. The molecule has 9 heteroatoms. The SMILES string of the molecule is Cc1ccc(NC(=O)CN2C(=O)[C@@H]3[C@H]4C[C@@H]([C@@H]3C2=O)[C@@H]2[C@@H](c3ccccc3)c3sc(=O)[nH]c3S[C@H]42)cc1. The number of thioether (sulfide) groups is 1. The van der Waals surface area contributed by atoms with Gasteiger partial charge in [-0.05, 0) is 48.8 Å². The van der Waals surface area contributed by atoms with Crippen molar-refractivity contribution in [2.75, 3.05) is 11.9 Å². The van der Waals surface area contributed by atoms with Gasteiger partial charge < -0.3 is 10.3 Å². The number of nitrogens with zero attached hydrogens (tertiary/aromatic N) is 1. The number of benzene rings is 2. The molecule has 0 radical (unpaired) electrons. The van der Waals surface area contributed by atoms with Crippen molar-refractivity contribution in [3.63, 3.8) is 0 Å². The van der Waals surface area contributed by atoms with E-state index < -0.39 is 5.92 Å². The molecule has 37 heavy (non-hydrogen) atoms. The summed E-state index contributed by atoms with van der Waals surface area (Å²) in [5, 5.41) is 3.86. The summed E-state index contributed by atoms with van der Waals surface area (Å²) in [5.41, 5.74) is 2.87. The van der Waals surface area contributed by atoms with Gasteiger partial charge in [0.25, 0.3) is 0 Å². The molecule has 188 valence electrons. The largest absolute Gasteiger partial charge is 0.325 e. The molecule has 0 unspecified atom stereocenters. The molecule has 2 N–H and O–H groups in total. The zero-order valence-corrected chi connectivity index (χ0v) is 21.7. The molecular formula is C28H25N3O4S2. The van der Waals surface area contributed by atoms with Crippen molar-refractivity contribution in [1.29, 1.82) is 0 Å². The van der Waals surface area contributed by atoms with E-state index in [0.717, 1.165) is 27.5 Å². The van der Waals surface area contributed by atoms with Gasteiger partial charge in [0.15, 0.2) is 0 Å². The van der Waals surface area contributed by atoms with Crippen LogP contribution in [0.3, 0.4) is 0 Å². The third kappa shape index (κ3) is 3.47. The van der Waals surface area contributed by atoms with Gasteiger partial charge in [0.2, 0.25) is 17.7 Å². The van der Waals surface area contributed by atoms with Crippen LogP contribution in [0.5, 0.6) is 0 Å². The van der Waals surface area contributed by atoms with Gasteiger partial charge in [-0.25, -0.2) is 0 Å². The molecule has 2 saturated carbocycles. The fourth-order valence-electron chi connectivity index (χ4n) is 7.25. The highest BCUT2D eigenvalue weighted by Crippen LogP contribution is 2.68. The van der Waals surface area contributed by atoms with E-state index >= 15 is 0 Å². The van der Waals surface area contributed by atoms with Crippen molar-refractivity contribution < 1.29 is 14.4 Å². The van der Waals surface area contributed by atoms with E-state index in [0.29, 0.717) is 5.69 Å². The summed E-state index contributed by atoms with van der Waals surface area (Å²) in [6.45, 7) is 1.71. The minimum absolute atomic E-state index is 0.0177. The first-order chi connectivity index (χ1) is 17.9. The van der Waals surface area contributed by atoms with Crippen LogP contribution in [-0.2, 0) is 14.4 Å². The number of likely N-dealkylation sites (tertiary alicyclic amines) is 1. The number of fused-ring (bicyclic) bond motifs is 9. The van der Waals surface area contributed by atoms with Gasteiger partial charge in [0.1, 0.15) is 6.54 Å². The van der Waals surface area contributed by atoms with Gasteiger partial charge in [0, 0.05) is 21.7 Å². The average Bonchev–Trinajstić information content (AvgIpc) is 3.62. The second kappa shape index (κ2) is 8.43. The molecule has 7 atom stereocenters. The van der Waals surface area contributed by atoms with Gasteiger partial charge >= 0.3 is 4.87 Å². The smallest absolute Gasteiger partial charge is 0.305 e. The number of hydrogen-bond acceptors (Lipinski definition) is 6. The van der Waals surface area contributed by atoms with Crippen molar-refractivity contribution in [2.24, 2.45) is 29.6 Å². The van der Waals surface area contributed by atoms with Gasteiger partial charge in [0.05, 0.1) is 16.9 Å². The highest BCUT2D eigenvalue weighted by Gasteiger charge is 2.69. The lowest BCUT2D eigenvalue weighted by molar-refractivity contribution is -0.143. The first kappa shape index (κ1) is 23.0. The lowest BCUT2D eigenvalue weighted by Crippen LogP contribution is -2.42. The van der Waals surface area contributed by atoms with Crippen LogP contribution in [0, 0.1) is 36.5 Å². The third-order valence-electron chi connectivity index (χ3n) is 8.61. The fourth-order valence-corrected chi connectivity index (χ4v) is 10.1. The van der Waals surface area contributed by atoms with Crippen LogP contribution in [-0.4, -0.2) is 39.4 Å². The lowest BCUT2D eigenvalue weighted by Gasteiger charge is -2.43. The third-order valence-corrected chi connectivity index (χ3v) is 11.2. The molecule has 4 aliphatic rings. The Morgan fingerprint density at radius 2 is 1.70 bits per heavy atom. The Morgan fingerprint density at radius 3 is 2.43 bits per heavy atom. The van der Waals surface area contributed by atoms with E-state index in [1.54, 1.807) is 11.8 Å². The first-order valence-corrected chi connectivity index (χ1v) is 14.3. The van der Waals surface area contributed by atoms with Gasteiger partial charge in [-0.2, -0.15) is 0 Å². The number of aromatic nitrogens is 1. The maximum absolute atomic E-state index is 13.7. The number of aromatic amines is 1. The lowest BCUT2D eigenvalue weighted by atomic mass is 9.68. The Bertz CT molecular complexity index is 1480.